The van der Waals surface area contributed by atoms with Crippen LogP contribution in [0.1, 0.15) is 12.8 Å². The summed E-state index contributed by atoms with van der Waals surface area (Å²) in [7, 11) is 1.46. The molecule has 0 fully saturated rings. The van der Waals surface area contributed by atoms with Gasteiger partial charge in [-0.25, -0.2) is 8.42 Å². The molecule has 4 nitrogen and oxygen atoms in total. The molecule has 0 heterocycles. The van der Waals surface area contributed by atoms with Crippen LogP contribution in [0.25, 0.3) is 0 Å². The Kier molecular flexibility index (Phi) is 5.94. The Labute approximate surface area is 118 Å². The van der Waals surface area contributed by atoms with Crippen molar-refractivity contribution >= 4 is 19.7 Å². The van der Waals surface area contributed by atoms with Crippen LogP contribution in [-0.4, -0.2) is 27.1 Å². The van der Waals surface area contributed by atoms with E-state index in [4.69, 9.17) is 15.4 Å². The van der Waals surface area contributed by atoms with Crippen LogP contribution in [0, 0.1) is 0 Å². The lowest BCUT2D eigenvalue weighted by Crippen LogP contribution is -2.17. The first-order chi connectivity index (χ1) is 9.17. The summed E-state index contributed by atoms with van der Waals surface area (Å²) in [4.78, 5) is 0. The zero-order valence-electron chi connectivity index (χ0n) is 10.2. The molecule has 0 spiro atoms. The van der Waals surface area contributed by atoms with Gasteiger partial charge in [0.25, 0.3) is 0 Å². The Bertz CT molecular complexity index is 531. The predicted octanol–water partition coefficient (Wildman–Crippen LogP) is 3.31. The number of halogens is 4. The number of benzene rings is 1. The molecule has 20 heavy (non-hydrogen) atoms. The van der Waals surface area contributed by atoms with Crippen molar-refractivity contribution in [3.05, 3.63) is 24.3 Å². The van der Waals surface area contributed by atoms with Crippen molar-refractivity contribution < 1.29 is 31.1 Å². The van der Waals surface area contributed by atoms with Gasteiger partial charge in [0, 0.05) is 10.7 Å². The molecule has 0 saturated carbocycles. The van der Waals surface area contributed by atoms with E-state index in [2.05, 4.69) is 4.74 Å². The average Bonchev–Trinajstić information content (AvgIpc) is 2.27. The first-order valence-corrected chi connectivity index (χ1v) is 8.05. The highest BCUT2D eigenvalue weighted by Gasteiger charge is 2.32. The standard InChI is InChI=1S/C11H12ClF3O4S/c12-20(16,17)8-4-3-7-18-9-5-1-2-6-10(9)19-11(13,14)15/h1-2,5-6H,3-4,7-8H2. The maximum Gasteiger partial charge on any atom is 0.573 e. The molecule has 1 aromatic carbocycles. The predicted molar refractivity (Wildman–Crippen MR) is 67.5 cm³/mol. The minimum absolute atomic E-state index is 0.0569. The summed E-state index contributed by atoms with van der Waals surface area (Å²) in [5, 5.41) is 0. The van der Waals surface area contributed by atoms with Crippen molar-refractivity contribution in [3.63, 3.8) is 0 Å². The van der Waals surface area contributed by atoms with Crippen molar-refractivity contribution in [2.45, 2.75) is 19.2 Å². The average molecular weight is 333 g/mol. The van der Waals surface area contributed by atoms with E-state index in [-0.39, 0.29) is 24.5 Å². The van der Waals surface area contributed by atoms with Gasteiger partial charge in [0.05, 0.1) is 12.4 Å². The van der Waals surface area contributed by atoms with Gasteiger partial charge in [-0.2, -0.15) is 0 Å². The molecule has 0 aliphatic rings. The fraction of sp³-hybridized carbons (Fsp3) is 0.455. The SMILES string of the molecule is O=S(=O)(Cl)CCCCOc1ccccc1OC(F)(F)F. The fourth-order valence-electron chi connectivity index (χ4n) is 1.34. The van der Waals surface area contributed by atoms with E-state index in [1.54, 1.807) is 0 Å². The summed E-state index contributed by atoms with van der Waals surface area (Å²) < 4.78 is 66.7. The highest BCUT2D eigenvalue weighted by molar-refractivity contribution is 8.13. The molecular formula is C11H12ClF3O4S. The van der Waals surface area contributed by atoms with Crippen molar-refractivity contribution in [1.29, 1.82) is 0 Å². The highest BCUT2D eigenvalue weighted by atomic mass is 35.7. The van der Waals surface area contributed by atoms with Gasteiger partial charge in [0.2, 0.25) is 9.05 Å². The van der Waals surface area contributed by atoms with Crippen molar-refractivity contribution in [2.24, 2.45) is 0 Å². The minimum Gasteiger partial charge on any atom is -0.490 e. The summed E-state index contributed by atoms with van der Waals surface area (Å²) in [6, 6.07) is 5.35. The van der Waals surface area contributed by atoms with Crippen molar-refractivity contribution in [2.75, 3.05) is 12.4 Å². The number of ether oxygens (including phenoxy) is 2. The molecule has 0 N–H and O–H groups in total. The number of para-hydroxylation sites is 2. The molecule has 0 radical (unpaired) electrons. The van der Waals surface area contributed by atoms with Gasteiger partial charge in [-0.05, 0) is 25.0 Å². The Morgan fingerprint density at radius 3 is 2.25 bits per heavy atom. The summed E-state index contributed by atoms with van der Waals surface area (Å²) in [5.74, 6) is -0.706. The first kappa shape index (κ1) is 16.9. The largest absolute Gasteiger partial charge is 0.573 e. The van der Waals surface area contributed by atoms with Gasteiger partial charge in [0.15, 0.2) is 11.5 Å². The highest BCUT2D eigenvalue weighted by Crippen LogP contribution is 2.31. The van der Waals surface area contributed by atoms with Crippen LogP contribution < -0.4 is 9.47 Å². The van der Waals surface area contributed by atoms with Gasteiger partial charge in [-0.1, -0.05) is 12.1 Å². The number of alkyl halides is 3. The number of rotatable bonds is 7. The lowest BCUT2D eigenvalue weighted by atomic mass is 10.3. The van der Waals surface area contributed by atoms with Crippen LogP contribution in [0.5, 0.6) is 11.5 Å². The Balaban J connectivity index is 2.48. The zero-order chi connectivity index (χ0) is 15.2. The van der Waals surface area contributed by atoms with E-state index in [0.29, 0.717) is 6.42 Å². The van der Waals surface area contributed by atoms with E-state index in [1.807, 2.05) is 0 Å². The molecule has 0 unspecified atom stereocenters. The maximum absolute atomic E-state index is 12.1. The molecule has 9 heteroatoms. The van der Waals surface area contributed by atoms with Gasteiger partial charge >= 0.3 is 6.36 Å². The number of hydrogen-bond donors (Lipinski definition) is 0. The Hall–Kier alpha value is -1.15. The topological polar surface area (TPSA) is 52.6 Å². The quantitative estimate of drug-likeness (QED) is 0.568. The third-order valence-electron chi connectivity index (χ3n) is 2.11. The zero-order valence-corrected chi connectivity index (χ0v) is 11.8. The Morgan fingerprint density at radius 2 is 1.70 bits per heavy atom. The van der Waals surface area contributed by atoms with Crippen LogP contribution in [0.2, 0.25) is 0 Å². The molecular weight excluding hydrogens is 321 g/mol. The second kappa shape index (κ2) is 7.03. The number of hydrogen-bond acceptors (Lipinski definition) is 4. The van der Waals surface area contributed by atoms with Crippen molar-refractivity contribution in [1.82, 2.24) is 0 Å². The summed E-state index contributed by atoms with van der Waals surface area (Å²) >= 11 is 0. The molecule has 0 aliphatic carbocycles. The van der Waals surface area contributed by atoms with Gasteiger partial charge in [-0.3, -0.25) is 0 Å². The summed E-state index contributed by atoms with van der Waals surface area (Å²) in [5.41, 5.74) is 0. The molecule has 1 rings (SSSR count). The van der Waals surface area contributed by atoms with Crippen LogP contribution in [0.3, 0.4) is 0 Å². The van der Waals surface area contributed by atoms with Crippen molar-refractivity contribution in [3.8, 4) is 11.5 Å². The monoisotopic (exact) mass is 332 g/mol. The van der Waals surface area contributed by atoms with Gasteiger partial charge in [-0.15, -0.1) is 13.2 Å². The van der Waals surface area contributed by atoms with E-state index in [9.17, 15) is 21.6 Å². The van der Waals surface area contributed by atoms with Crippen LogP contribution in [-0.2, 0) is 9.05 Å². The molecule has 0 amide bonds. The van der Waals surface area contributed by atoms with E-state index < -0.39 is 21.2 Å². The van der Waals surface area contributed by atoms with Crippen LogP contribution in [0.15, 0.2) is 24.3 Å². The molecule has 0 saturated heterocycles. The molecule has 0 bridgehead atoms. The third-order valence-corrected chi connectivity index (χ3v) is 3.35. The Morgan fingerprint density at radius 1 is 1.10 bits per heavy atom. The smallest absolute Gasteiger partial charge is 0.490 e. The van der Waals surface area contributed by atoms with E-state index in [1.165, 1.54) is 18.2 Å². The number of unbranched alkanes of at least 4 members (excludes halogenated alkanes) is 1. The first-order valence-electron chi connectivity index (χ1n) is 5.57. The molecule has 114 valence electrons. The maximum atomic E-state index is 12.1. The van der Waals surface area contributed by atoms with Crippen LogP contribution in [0.4, 0.5) is 13.2 Å². The fourth-order valence-corrected chi connectivity index (χ4v) is 2.21. The minimum atomic E-state index is -4.80. The molecule has 0 aromatic heterocycles. The molecule has 0 atom stereocenters. The lowest BCUT2D eigenvalue weighted by molar-refractivity contribution is -0.275. The van der Waals surface area contributed by atoms with Crippen LogP contribution >= 0.6 is 10.7 Å². The summed E-state index contributed by atoms with van der Waals surface area (Å²) in [6.07, 6.45) is -4.20. The lowest BCUT2D eigenvalue weighted by Gasteiger charge is -2.13. The normalized spacial score (nSPS) is 12.2. The van der Waals surface area contributed by atoms with E-state index >= 15 is 0 Å². The second-order valence-corrected chi connectivity index (χ2v) is 6.69. The second-order valence-electron chi connectivity index (χ2n) is 3.79. The van der Waals surface area contributed by atoms with E-state index in [0.717, 1.165) is 6.07 Å². The van der Waals surface area contributed by atoms with Gasteiger partial charge < -0.3 is 9.47 Å². The molecule has 0 aliphatic heterocycles. The third kappa shape index (κ3) is 7.44. The molecule has 1 aromatic rings. The van der Waals surface area contributed by atoms with Gasteiger partial charge in [0.1, 0.15) is 0 Å². The summed E-state index contributed by atoms with van der Waals surface area (Å²) in [6.45, 7) is 0.0602.